The number of pyridine rings is 1. The van der Waals surface area contributed by atoms with Crippen LogP contribution in [0.25, 0.3) is 22.4 Å². The van der Waals surface area contributed by atoms with Gasteiger partial charge in [-0.3, -0.25) is 4.79 Å². The van der Waals surface area contributed by atoms with E-state index in [0.29, 0.717) is 41.7 Å². The molecule has 40 heavy (non-hydrogen) atoms. The van der Waals surface area contributed by atoms with E-state index in [1.807, 2.05) is 54.0 Å². The molecule has 0 saturated carbocycles. The van der Waals surface area contributed by atoms with E-state index in [-0.39, 0.29) is 22.6 Å². The van der Waals surface area contributed by atoms with Crippen LogP contribution in [0.2, 0.25) is 5.02 Å². The van der Waals surface area contributed by atoms with Crippen LogP contribution in [0.15, 0.2) is 53.2 Å². The molecular formula is C30H32ClN5O4. The molecule has 0 radical (unpaired) electrons. The first-order valence-corrected chi connectivity index (χ1v) is 13.4. The number of nitrogens with zero attached hydrogens (tertiary/aromatic N) is 5. The zero-order valence-corrected chi connectivity index (χ0v) is 24.2. The van der Waals surface area contributed by atoms with Gasteiger partial charge in [-0.15, -0.1) is 0 Å². The van der Waals surface area contributed by atoms with Crippen LogP contribution >= 0.6 is 11.6 Å². The minimum absolute atomic E-state index is 0.197. The van der Waals surface area contributed by atoms with Crippen LogP contribution in [-0.2, 0) is 10.2 Å². The highest BCUT2D eigenvalue weighted by Gasteiger charge is 2.39. The van der Waals surface area contributed by atoms with E-state index in [1.165, 1.54) is 19.5 Å². The van der Waals surface area contributed by atoms with Gasteiger partial charge in [0.15, 0.2) is 11.3 Å². The lowest BCUT2D eigenvalue weighted by Gasteiger charge is -2.46. The second-order valence-corrected chi connectivity index (χ2v) is 12.0. The largest absolute Gasteiger partial charge is 0.465 e. The lowest BCUT2D eigenvalue weighted by Crippen LogP contribution is -2.61. The molecule has 1 aliphatic rings. The molecule has 1 amide bonds. The zero-order chi connectivity index (χ0) is 28.8. The van der Waals surface area contributed by atoms with E-state index >= 15 is 0 Å². The first-order chi connectivity index (χ1) is 18.9. The summed E-state index contributed by atoms with van der Waals surface area (Å²) in [5.41, 5.74) is 3.44. The average molecular weight is 562 g/mol. The van der Waals surface area contributed by atoms with Crippen molar-refractivity contribution in [2.45, 2.75) is 45.6 Å². The number of carbonyl (C=O) groups excluding carboxylic acids is 2. The molecule has 208 valence electrons. The van der Waals surface area contributed by atoms with Crippen molar-refractivity contribution in [3.63, 3.8) is 0 Å². The van der Waals surface area contributed by atoms with Crippen molar-refractivity contribution in [1.82, 2.24) is 19.9 Å². The third-order valence-corrected chi connectivity index (χ3v) is 7.38. The zero-order valence-electron chi connectivity index (χ0n) is 23.5. The number of rotatable bonds is 4. The fourth-order valence-electron chi connectivity index (χ4n) is 5.00. The molecule has 0 unspecified atom stereocenters. The number of halogens is 1. The number of hydrogen-bond donors (Lipinski definition) is 0. The number of ether oxygens (including phenoxy) is 1. The van der Waals surface area contributed by atoms with Gasteiger partial charge in [0.25, 0.3) is 5.91 Å². The highest BCUT2D eigenvalue weighted by atomic mass is 35.5. The molecule has 1 saturated heterocycles. The van der Waals surface area contributed by atoms with Gasteiger partial charge in [-0.05, 0) is 37.5 Å². The lowest BCUT2D eigenvalue weighted by atomic mass is 9.86. The maximum absolute atomic E-state index is 13.8. The van der Waals surface area contributed by atoms with Gasteiger partial charge in [-0.25, -0.2) is 19.7 Å². The molecule has 10 heteroatoms. The number of anilines is 1. The number of fused-ring (bicyclic) bond motifs is 1. The van der Waals surface area contributed by atoms with E-state index in [0.717, 1.165) is 16.8 Å². The summed E-state index contributed by atoms with van der Waals surface area (Å²) in [7, 11) is 1.32. The predicted molar refractivity (Wildman–Crippen MR) is 154 cm³/mol. The van der Waals surface area contributed by atoms with E-state index < -0.39 is 11.5 Å². The summed E-state index contributed by atoms with van der Waals surface area (Å²) >= 11 is 6.10. The monoisotopic (exact) mass is 561 g/mol. The predicted octanol–water partition coefficient (Wildman–Crippen LogP) is 5.76. The number of furan rings is 1. The Morgan fingerprint density at radius 3 is 2.33 bits per heavy atom. The summed E-state index contributed by atoms with van der Waals surface area (Å²) in [5.74, 6) is 0.0572. The summed E-state index contributed by atoms with van der Waals surface area (Å²) in [6, 6.07) is 11.3. The Hall–Kier alpha value is -3.98. The topological polar surface area (TPSA) is 102 Å². The Kier molecular flexibility index (Phi) is 7.04. The minimum atomic E-state index is -0.548. The van der Waals surface area contributed by atoms with Crippen molar-refractivity contribution in [1.29, 1.82) is 0 Å². The van der Waals surface area contributed by atoms with Crippen molar-refractivity contribution in [2.24, 2.45) is 0 Å². The molecule has 1 aromatic carbocycles. The highest BCUT2D eigenvalue weighted by molar-refractivity contribution is 6.30. The molecule has 4 heterocycles. The van der Waals surface area contributed by atoms with Gasteiger partial charge in [0.2, 0.25) is 5.95 Å². The highest BCUT2D eigenvalue weighted by Crippen LogP contribution is 2.36. The maximum Gasteiger partial charge on any atom is 0.341 e. The van der Waals surface area contributed by atoms with Gasteiger partial charge in [0.1, 0.15) is 5.52 Å². The van der Waals surface area contributed by atoms with Crippen LogP contribution in [-0.4, -0.2) is 64.0 Å². The molecule has 9 nitrogen and oxygen atoms in total. The second kappa shape index (κ2) is 10.2. The summed E-state index contributed by atoms with van der Waals surface area (Å²) < 4.78 is 11.0. The van der Waals surface area contributed by atoms with Gasteiger partial charge < -0.3 is 19.0 Å². The fourth-order valence-corrected chi connectivity index (χ4v) is 5.12. The number of aromatic nitrogens is 3. The quantitative estimate of drug-likeness (QED) is 0.290. The molecular weight excluding hydrogens is 530 g/mol. The molecule has 0 N–H and O–H groups in total. The normalized spacial score (nSPS) is 15.4. The van der Waals surface area contributed by atoms with Crippen LogP contribution in [0.1, 0.15) is 61.1 Å². The molecule has 1 aliphatic heterocycles. The number of amides is 1. The molecule has 0 atom stereocenters. The van der Waals surface area contributed by atoms with Crippen LogP contribution in [0.4, 0.5) is 5.95 Å². The molecule has 0 aliphatic carbocycles. The number of carbonyl (C=O) groups is 2. The smallest absolute Gasteiger partial charge is 0.341 e. The van der Waals surface area contributed by atoms with Crippen molar-refractivity contribution in [3.8, 4) is 11.3 Å². The first-order valence-electron chi connectivity index (χ1n) is 13.1. The molecule has 4 aromatic rings. The van der Waals surface area contributed by atoms with Crippen LogP contribution in [0.5, 0.6) is 0 Å². The average Bonchev–Trinajstić information content (AvgIpc) is 3.35. The van der Waals surface area contributed by atoms with Gasteiger partial charge >= 0.3 is 5.97 Å². The molecule has 5 rings (SSSR count). The Morgan fingerprint density at radius 1 is 1.05 bits per heavy atom. The number of methoxy groups -OCH3 is 1. The van der Waals surface area contributed by atoms with E-state index in [4.69, 9.17) is 25.7 Å². The maximum atomic E-state index is 13.8. The Balaban J connectivity index is 1.43. The number of hydrogen-bond acceptors (Lipinski definition) is 8. The van der Waals surface area contributed by atoms with Gasteiger partial charge in [-0.2, -0.15) is 0 Å². The van der Waals surface area contributed by atoms with E-state index in [1.54, 1.807) is 6.07 Å². The first kappa shape index (κ1) is 27.6. The Morgan fingerprint density at radius 2 is 1.73 bits per heavy atom. The Labute approximate surface area is 238 Å². The summed E-state index contributed by atoms with van der Waals surface area (Å²) in [4.78, 5) is 42.9. The minimum Gasteiger partial charge on any atom is -0.465 e. The van der Waals surface area contributed by atoms with E-state index in [2.05, 4.69) is 30.7 Å². The SMILES string of the molecule is COC(=O)c1cnc(N2CCN(C(=O)c3cc4nc(-c5ccc(Cl)cc5)cc(C(C)(C)C)c4o3)C(C)(C)C2)nc1. The fraction of sp³-hybridized carbons (Fsp3) is 0.367. The van der Waals surface area contributed by atoms with Gasteiger partial charge in [-0.1, -0.05) is 44.5 Å². The number of piperazine rings is 1. The molecule has 0 bridgehead atoms. The standard InChI is InChI=1S/C30H32ClN5O4/c1-29(2,3)21-13-22(18-7-9-20(31)10-8-18)34-23-14-24(40-25(21)23)26(37)36-12-11-35(17-30(36,4)5)28-32-15-19(16-33-28)27(38)39-6/h7-10,13-16H,11-12,17H2,1-6H3. The number of benzene rings is 1. The van der Waals surface area contributed by atoms with Crippen molar-refractivity contribution < 1.29 is 18.7 Å². The molecule has 3 aromatic heterocycles. The van der Waals surface area contributed by atoms with E-state index in [9.17, 15) is 9.59 Å². The van der Waals surface area contributed by atoms with Crippen LogP contribution in [0, 0.1) is 0 Å². The molecule has 1 fully saturated rings. The van der Waals surface area contributed by atoms with Crippen molar-refractivity contribution in [3.05, 3.63) is 70.7 Å². The Bertz CT molecular complexity index is 1570. The van der Waals surface area contributed by atoms with Crippen LogP contribution < -0.4 is 4.90 Å². The lowest BCUT2D eigenvalue weighted by molar-refractivity contribution is 0.0481. The molecule has 0 spiro atoms. The summed E-state index contributed by atoms with van der Waals surface area (Å²) in [6.07, 6.45) is 2.90. The van der Waals surface area contributed by atoms with Gasteiger partial charge in [0, 0.05) is 54.2 Å². The third-order valence-electron chi connectivity index (χ3n) is 7.13. The number of esters is 1. The summed E-state index contributed by atoms with van der Waals surface area (Å²) in [6.45, 7) is 11.8. The van der Waals surface area contributed by atoms with Crippen LogP contribution in [0.3, 0.4) is 0 Å². The second-order valence-electron chi connectivity index (χ2n) is 11.6. The van der Waals surface area contributed by atoms with Crippen molar-refractivity contribution in [2.75, 3.05) is 31.6 Å². The summed E-state index contributed by atoms with van der Waals surface area (Å²) in [5, 5.41) is 0.657. The third kappa shape index (κ3) is 5.25. The van der Waals surface area contributed by atoms with Crippen molar-refractivity contribution >= 4 is 40.5 Å². The van der Waals surface area contributed by atoms with Gasteiger partial charge in [0.05, 0.1) is 23.9 Å².